The van der Waals surface area contributed by atoms with Crippen molar-refractivity contribution >= 4 is 17.7 Å². The number of aliphatic hydroxyl groups excluding tert-OH is 1. The van der Waals surface area contributed by atoms with Gasteiger partial charge in [-0.05, 0) is 83.8 Å². The summed E-state index contributed by atoms with van der Waals surface area (Å²) in [4.78, 5) is 2.47. The van der Waals surface area contributed by atoms with Gasteiger partial charge in [0.25, 0.3) is 0 Å². The van der Waals surface area contributed by atoms with Crippen LogP contribution < -0.4 is 10.1 Å². The second-order valence-electron chi connectivity index (χ2n) is 10.2. The van der Waals surface area contributed by atoms with Gasteiger partial charge in [0, 0.05) is 32.7 Å². The van der Waals surface area contributed by atoms with Crippen LogP contribution in [0.25, 0.3) is 17.2 Å². The van der Waals surface area contributed by atoms with E-state index in [9.17, 15) is 0 Å². The Morgan fingerprint density at radius 2 is 1.74 bits per heavy atom. The molecule has 0 radical (unpaired) electrons. The summed E-state index contributed by atoms with van der Waals surface area (Å²) in [7, 11) is 0. The smallest absolute Gasteiger partial charge is 0.138 e. The molecule has 1 fully saturated rings. The summed E-state index contributed by atoms with van der Waals surface area (Å²) in [6.07, 6.45) is 5.59. The molecule has 0 saturated carbocycles. The Labute approximate surface area is 238 Å². The highest BCUT2D eigenvalue weighted by molar-refractivity contribution is 6.32. The number of halogens is 1. The van der Waals surface area contributed by atoms with Gasteiger partial charge >= 0.3 is 0 Å². The second kappa shape index (κ2) is 14.6. The van der Waals surface area contributed by atoms with E-state index in [1.807, 2.05) is 12.1 Å². The van der Waals surface area contributed by atoms with Gasteiger partial charge in [-0.1, -0.05) is 60.2 Å². The first-order chi connectivity index (χ1) is 19.0. The summed E-state index contributed by atoms with van der Waals surface area (Å²) >= 11 is 6.56. The van der Waals surface area contributed by atoms with Crippen molar-refractivity contribution in [2.75, 3.05) is 46.0 Å². The van der Waals surface area contributed by atoms with Crippen LogP contribution in [0.15, 0.2) is 54.6 Å². The van der Waals surface area contributed by atoms with Crippen LogP contribution in [0.4, 0.5) is 0 Å². The molecule has 3 aromatic rings. The predicted molar refractivity (Wildman–Crippen MR) is 162 cm³/mol. The lowest BCUT2D eigenvalue weighted by Crippen LogP contribution is -2.36. The van der Waals surface area contributed by atoms with E-state index in [2.05, 4.69) is 79.5 Å². The Morgan fingerprint density at radius 3 is 2.51 bits per heavy atom. The van der Waals surface area contributed by atoms with Crippen molar-refractivity contribution in [3.05, 3.63) is 93.0 Å². The van der Waals surface area contributed by atoms with Gasteiger partial charge in [-0.15, -0.1) is 0 Å². The largest absolute Gasteiger partial charge is 0.487 e. The van der Waals surface area contributed by atoms with Gasteiger partial charge in [0.1, 0.15) is 12.4 Å². The van der Waals surface area contributed by atoms with E-state index in [0.717, 1.165) is 56.0 Å². The van der Waals surface area contributed by atoms with Crippen molar-refractivity contribution in [1.82, 2.24) is 10.2 Å². The second-order valence-corrected chi connectivity index (χ2v) is 10.6. The molecule has 0 aliphatic carbocycles. The molecule has 0 bridgehead atoms. The third-order valence-electron chi connectivity index (χ3n) is 7.50. The lowest BCUT2D eigenvalue weighted by Gasteiger charge is -2.25. The number of nitrogens with one attached hydrogen (secondary N) is 1. The number of aliphatic hydroxyl groups is 1. The number of aryl methyl sites for hydroxylation is 1. The SMILES string of the molecule is Cc1cc(OCc2cccc(-c3cccc(/C=C/CCN4CCOCC4)c3C)c2C)c(Cl)cc1CNCCO. The van der Waals surface area contributed by atoms with E-state index in [1.54, 1.807) is 0 Å². The number of hydrogen-bond donors (Lipinski definition) is 2. The van der Waals surface area contributed by atoms with Crippen molar-refractivity contribution in [3.63, 3.8) is 0 Å². The van der Waals surface area contributed by atoms with Crippen molar-refractivity contribution < 1.29 is 14.6 Å². The molecule has 6 heteroatoms. The normalized spacial score (nSPS) is 14.3. The number of morpholine rings is 1. The molecule has 2 N–H and O–H groups in total. The Bertz CT molecular complexity index is 1270. The van der Waals surface area contributed by atoms with Crippen LogP contribution in [0.5, 0.6) is 5.75 Å². The molecule has 1 heterocycles. The molecular formula is C33H41ClN2O3. The quantitative estimate of drug-likeness (QED) is 0.259. The summed E-state index contributed by atoms with van der Waals surface area (Å²) in [6, 6.07) is 16.9. The fourth-order valence-corrected chi connectivity index (χ4v) is 5.25. The van der Waals surface area contributed by atoms with Crippen LogP contribution in [-0.2, 0) is 17.9 Å². The first-order valence-electron chi connectivity index (χ1n) is 13.9. The van der Waals surface area contributed by atoms with Crippen molar-refractivity contribution in [1.29, 1.82) is 0 Å². The van der Waals surface area contributed by atoms with Crippen molar-refractivity contribution in [3.8, 4) is 16.9 Å². The van der Waals surface area contributed by atoms with E-state index in [1.165, 1.54) is 27.8 Å². The average Bonchev–Trinajstić information content (AvgIpc) is 2.94. The molecule has 0 unspecified atom stereocenters. The lowest BCUT2D eigenvalue weighted by molar-refractivity contribution is 0.0387. The predicted octanol–water partition coefficient (Wildman–Crippen LogP) is 6.33. The standard InChI is InChI=1S/C33H41ClN2O3/c1-24-20-33(32(34)21-29(24)22-35-13-17-37)39-23-28-10-7-12-31(26(28)3)30-11-6-9-27(25(30)2)8-4-5-14-36-15-18-38-19-16-36/h4,6-12,20-21,35,37H,5,13-19,22-23H2,1-3H3/b8-4+. The van der Waals surface area contributed by atoms with Crippen LogP contribution in [-0.4, -0.2) is 56.0 Å². The number of benzene rings is 3. The minimum atomic E-state index is 0.113. The summed E-state index contributed by atoms with van der Waals surface area (Å²) < 4.78 is 11.7. The number of nitrogens with zero attached hydrogens (tertiary/aromatic N) is 1. The first kappa shape index (κ1) is 29.3. The Balaban J connectivity index is 1.44. The molecule has 1 saturated heterocycles. The molecule has 1 aliphatic heterocycles. The summed E-state index contributed by atoms with van der Waals surface area (Å²) in [5.74, 6) is 0.685. The monoisotopic (exact) mass is 548 g/mol. The maximum absolute atomic E-state index is 9.00. The van der Waals surface area contributed by atoms with Crippen LogP contribution in [0.3, 0.4) is 0 Å². The van der Waals surface area contributed by atoms with Crippen LogP contribution in [0.2, 0.25) is 5.02 Å². The number of rotatable bonds is 12. The number of ether oxygens (including phenoxy) is 2. The fourth-order valence-electron chi connectivity index (χ4n) is 5.00. The summed E-state index contributed by atoms with van der Waals surface area (Å²) in [6.45, 7) is 13.0. The molecule has 0 atom stereocenters. The maximum atomic E-state index is 9.00. The molecule has 5 nitrogen and oxygen atoms in total. The van der Waals surface area contributed by atoms with Crippen molar-refractivity contribution in [2.24, 2.45) is 0 Å². The molecule has 1 aliphatic rings. The Morgan fingerprint density at radius 1 is 1.00 bits per heavy atom. The minimum Gasteiger partial charge on any atom is -0.487 e. The van der Waals surface area contributed by atoms with Gasteiger partial charge in [0.2, 0.25) is 0 Å². The van der Waals surface area contributed by atoms with E-state index in [4.69, 9.17) is 26.2 Å². The third kappa shape index (κ3) is 7.93. The van der Waals surface area contributed by atoms with Gasteiger partial charge < -0.3 is 19.9 Å². The van der Waals surface area contributed by atoms with E-state index in [-0.39, 0.29) is 6.61 Å². The molecule has 0 spiro atoms. The van der Waals surface area contributed by atoms with Crippen LogP contribution in [0, 0.1) is 20.8 Å². The Kier molecular flexibility index (Phi) is 11.0. The molecule has 208 valence electrons. The van der Waals surface area contributed by atoms with Crippen LogP contribution in [0.1, 0.15) is 39.8 Å². The zero-order valence-corrected chi connectivity index (χ0v) is 24.2. The molecule has 0 aromatic heterocycles. The van der Waals surface area contributed by atoms with E-state index in [0.29, 0.717) is 30.5 Å². The zero-order valence-electron chi connectivity index (χ0n) is 23.4. The summed E-state index contributed by atoms with van der Waals surface area (Å²) in [5.41, 5.74) is 9.58. The highest BCUT2D eigenvalue weighted by atomic mass is 35.5. The highest BCUT2D eigenvalue weighted by Gasteiger charge is 2.13. The van der Waals surface area contributed by atoms with Gasteiger partial charge in [-0.25, -0.2) is 0 Å². The van der Waals surface area contributed by atoms with Crippen LogP contribution >= 0.6 is 11.6 Å². The van der Waals surface area contributed by atoms with Crippen molar-refractivity contribution in [2.45, 2.75) is 40.3 Å². The number of hydrogen-bond acceptors (Lipinski definition) is 5. The molecule has 39 heavy (non-hydrogen) atoms. The van der Waals surface area contributed by atoms with Gasteiger partial charge in [0.05, 0.1) is 24.8 Å². The third-order valence-corrected chi connectivity index (χ3v) is 7.80. The van der Waals surface area contributed by atoms with E-state index >= 15 is 0 Å². The topological polar surface area (TPSA) is 54.0 Å². The zero-order chi connectivity index (χ0) is 27.6. The maximum Gasteiger partial charge on any atom is 0.138 e. The molecule has 4 rings (SSSR count). The fraction of sp³-hybridized carbons (Fsp3) is 0.394. The average molecular weight is 549 g/mol. The van der Waals surface area contributed by atoms with Gasteiger partial charge in [0.15, 0.2) is 0 Å². The first-order valence-corrected chi connectivity index (χ1v) is 14.2. The molecule has 3 aromatic carbocycles. The Hall–Kier alpha value is -2.67. The van der Waals surface area contributed by atoms with Gasteiger partial charge in [-0.2, -0.15) is 0 Å². The highest BCUT2D eigenvalue weighted by Crippen LogP contribution is 2.33. The molecule has 0 amide bonds. The lowest BCUT2D eigenvalue weighted by atomic mass is 9.91. The van der Waals surface area contributed by atoms with E-state index < -0.39 is 0 Å². The van der Waals surface area contributed by atoms with Gasteiger partial charge in [-0.3, -0.25) is 4.90 Å². The minimum absolute atomic E-state index is 0.113. The summed E-state index contributed by atoms with van der Waals surface area (Å²) in [5, 5.41) is 12.8. The molecular weight excluding hydrogens is 508 g/mol.